The summed E-state index contributed by atoms with van der Waals surface area (Å²) in [5.41, 5.74) is 5.82. The number of hydrogen-bond acceptors (Lipinski definition) is 3. The summed E-state index contributed by atoms with van der Waals surface area (Å²) in [5.74, 6) is -0.509. The van der Waals surface area contributed by atoms with Gasteiger partial charge in [-0.25, -0.2) is 4.39 Å². The summed E-state index contributed by atoms with van der Waals surface area (Å²) in [6.45, 7) is 2.23. The lowest BCUT2D eigenvalue weighted by Gasteiger charge is -2.43. The Morgan fingerprint density at radius 1 is 1.50 bits per heavy atom. The molecule has 0 aliphatic carbocycles. The number of aliphatic hydroxyl groups excluding tert-OH is 1. The molecule has 3 atom stereocenters. The van der Waals surface area contributed by atoms with E-state index in [-0.39, 0.29) is 31.1 Å². The molecule has 0 saturated carbocycles. The molecule has 0 unspecified atom stereocenters. The Morgan fingerprint density at radius 2 is 2.22 bits per heavy atom. The number of nitrogens with two attached hydrogens (primary N) is 1. The zero-order chi connectivity index (χ0) is 13.2. The van der Waals surface area contributed by atoms with Crippen LogP contribution in [0.3, 0.4) is 0 Å². The van der Waals surface area contributed by atoms with Gasteiger partial charge in [0.1, 0.15) is 5.82 Å². The highest BCUT2D eigenvalue weighted by atomic mass is 19.1. The predicted molar refractivity (Wildman–Crippen MR) is 67.5 cm³/mol. The Labute approximate surface area is 107 Å². The highest BCUT2D eigenvalue weighted by molar-refractivity contribution is 5.28. The zero-order valence-corrected chi connectivity index (χ0v) is 10.6. The number of rotatable bonds is 3. The standard InChI is InChI=1S/C14H20FNO2/c1-2-11-7-10(8-17)14(16,9-18-11)12-5-3-4-6-13(12)15/h3-6,10-11,17H,2,7-9,16H2,1H3/t10-,11-,14-/m0/s1. The van der Waals surface area contributed by atoms with Gasteiger partial charge in [0, 0.05) is 18.1 Å². The van der Waals surface area contributed by atoms with E-state index in [9.17, 15) is 9.50 Å². The number of aliphatic hydroxyl groups is 1. The van der Waals surface area contributed by atoms with Crippen LogP contribution in [0.25, 0.3) is 0 Å². The van der Waals surface area contributed by atoms with Crippen molar-refractivity contribution in [2.75, 3.05) is 13.2 Å². The average Bonchev–Trinajstić information content (AvgIpc) is 2.39. The van der Waals surface area contributed by atoms with E-state index in [0.717, 1.165) is 6.42 Å². The highest BCUT2D eigenvalue weighted by Crippen LogP contribution is 2.37. The van der Waals surface area contributed by atoms with Crippen LogP contribution in [0, 0.1) is 11.7 Å². The Hall–Kier alpha value is -0.970. The van der Waals surface area contributed by atoms with Gasteiger partial charge >= 0.3 is 0 Å². The van der Waals surface area contributed by atoms with Crippen LogP contribution >= 0.6 is 0 Å². The van der Waals surface area contributed by atoms with Crippen molar-refractivity contribution in [1.82, 2.24) is 0 Å². The molecular weight excluding hydrogens is 233 g/mol. The quantitative estimate of drug-likeness (QED) is 0.863. The molecule has 1 aromatic rings. The van der Waals surface area contributed by atoms with Crippen molar-refractivity contribution in [2.45, 2.75) is 31.4 Å². The second kappa shape index (κ2) is 5.34. The molecule has 1 heterocycles. The molecule has 1 fully saturated rings. The van der Waals surface area contributed by atoms with Gasteiger partial charge in [0.05, 0.1) is 18.2 Å². The first-order valence-corrected chi connectivity index (χ1v) is 6.38. The molecule has 100 valence electrons. The second-order valence-corrected chi connectivity index (χ2v) is 4.98. The van der Waals surface area contributed by atoms with Gasteiger partial charge in [-0.05, 0) is 18.9 Å². The predicted octanol–water partition coefficient (Wildman–Crippen LogP) is 1.79. The number of hydrogen-bond donors (Lipinski definition) is 2. The summed E-state index contributed by atoms with van der Waals surface area (Å²) in [6.07, 6.45) is 1.65. The monoisotopic (exact) mass is 253 g/mol. The van der Waals surface area contributed by atoms with E-state index >= 15 is 0 Å². The van der Waals surface area contributed by atoms with Crippen molar-refractivity contribution in [2.24, 2.45) is 11.7 Å². The summed E-state index contributed by atoms with van der Waals surface area (Å²) >= 11 is 0. The molecule has 1 aliphatic heterocycles. The molecule has 18 heavy (non-hydrogen) atoms. The fourth-order valence-corrected chi connectivity index (χ4v) is 2.63. The topological polar surface area (TPSA) is 55.5 Å². The van der Waals surface area contributed by atoms with Gasteiger partial charge in [-0.1, -0.05) is 25.1 Å². The van der Waals surface area contributed by atoms with Crippen LogP contribution in [0.2, 0.25) is 0 Å². The van der Waals surface area contributed by atoms with Crippen LogP contribution < -0.4 is 5.73 Å². The molecule has 4 heteroatoms. The molecule has 0 spiro atoms. The molecular formula is C14H20FNO2. The van der Waals surface area contributed by atoms with Gasteiger partial charge in [0.2, 0.25) is 0 Å². The highest BCUT2D eigenvalue weighted by Gasteiger charge is 2.43. The summed E-state index contributed by atoms with van der Waals surface area (Å²) in [4.78, 5) is 0. The van der Waals surface area contributed by atoms with E-state index in [1.807, 2.05) is 6.92 Å². The van der Waals surface area contributed by atoms with Gasteiger partial charge in [0.15, 0.2) is 0 Å². The maximum absolute atomic E-state index is 13.9. The smallest absolute Gasteiger partial charge is 0.128 e. The molecule has 1 saturated heterocycles. The maximum atomic E-state index is 13.9. The first-order chi connectivity index (χ1) is 8.61. The second-order valence-electron chi connectivity index (χ2n) is 4.98. The molecule has 3 N–H and O–H groups in total. The molecule has 3 nitrogen and oxygen atoms in total. The lowest BCUT2D eigenvalue weighted by atomic mass is 9.74. The zero-order valence-electron chi connectivity index (χ0n) is 10.6. The molecule has 2 rings (SSSR count). The molecule has 0 radical (unpaired) electrons. The summed E-state index contributed by atoms with van der Waals surface area (Å²) in [6, 6.07) is 6.46. The lowest BCUT2D eigenvalue weighted by molar-refractivity contribution is -0.0768. The van der Waals surface area contributed by atoms with Gasteiger partial charge < -0.3 is 15.6 Å². The number of halogens is 1. The molecule has 1 aliphatic rings. The Kier molecular flexibility index (Phi) is 4.00. The summed E-state index contributed by atoms with van der Waals surface area (Å²) < 4.78 is 19.6. The average molecular weight is 253 g/mol. The molecule has 0 aromatic heterocycles. The first kappa shape index (κ1) is 13.5. The maximum Gasteiger partial charge on any atom is 0.128 e. The SMILES string of the molecule is CC[C@H]1C[C@@H](CO)[C@](N)(c2ccccc2F)CO1. The van der Waals surface area contributed by atoms with Crippen LogP contribution in [0.1, 0.15) is 25.3 Å². The molecule has 0 amide bonds. The fourth-order valence-electron chi connectivity index (χ4n) is 2.63. The van der Waals surface area contributed by atoms with Crippen LogP contribution in [-0.2, 0) is 10.3 Å². The first-order valence-electron chi connectivity index (χ1n) is 6.38. The van der Waals surface area contributed by atoms with Gasteiger partial charge in [0.25, 0.3) is 0 Å². The summed E-state index contributed by atoms with van der Waals surface area (Å²) in [7, 11) is 0. The minimum atomic E-state index is -0.939. The van der Waals surface area contributed by atoms with Crippen molar-refractivity contribution in [3.63, 3.8) is 0 Å². The Balaban J connectivity index is 2.32. The Bertz CT molecular complexity index is 413. The number of benzene rings is 1. The van der Waals surface area contributed by atoms with Crippen molar-refractivity contribution < 1.29 is 14.2 Å². The summed E-state index contributed by atoms with van der Waals surface area (Å²) in [5, 5.41) is 9.53. The van der Waals surface area contributed by atoms with Crippen LogP contribution in [0.5, 0.6) is 0 Å². The third-order valence-electron chi connectivity index (χ3n) is 3.88. The van der Waals surface area contributed by atoms with E-state index in [1.54, 1.807) is 18.2 Å². The normalized spacial score (nSPS) is 32.4. The van der Waals surface area contributed by atoms with Gasteiger partial charge in [-0.3, -0.25) is 0 Å². The van der Waals surface area contributed by atoms with Crippen molar-refractivity contribution in [3.8, 4) is 0 Å². The largest absolute Gasteiger partial charge is 0.396 e. The van der Waals surface area contributed by atoms with Crippen LogP contribution in [-0.4, -0.2) is 24.4 Å². The van der Waals surface area contributed by atoms with E-state index in [1.165, 1.54) is 6.07 Å². The van der Waals surface area contributed by atoms with Crippen LogP contribution in [0.15, 0.2) is 24.3 Å². The van der Waals surface area contributed by atoms with Gasteiger partial charge in [-0.15, -0.1) is 0 Å². The van der Waals surface area contributed by atoms with Crippen molar-refractivity contribution in [1.29, 1.82) is 0 Å². The van der Waals surface area contributed by atoms with Crippen LogP contribution in [0.4, 0.5) is 4.39 Å². The molecule has 0 bridgehead atoms. The van der Waals surface area contributed by atoms with E-state index < -0.39 is 5.54 Å². The molecule has 1 aromatic carbocycles. The van der Waals surface area contributed by atoms with Crippen molar-refractivity contribution >= 4 is 0 Å². The third-order valence-corrected chi connectivity index (χ3v) is 3.88. The van der Waals surface area contributed by atoms with E-state index in [4.69, 9.17) is 10.5 Å². The Morgan fingerprint density at radius 3 is 2.83 bits per heavy atom. The fraction of sp³-hybridized carbons (Fsp3) is 0.571. The minimum Gasteiger partial charge on any atom is -0.396 e. The van der Waals surface area contributed by atoms with Gasteiger partial charge in [-0.2, -0.15) is 0 Å². The minimum absolute atomic E-state index is 0.0509. The van der Waals surface area contributed by atoms with E-state index in [0.29, 0.717) is 12.0 Å². The number of ether oxygens (including phenoxy) is 1. The third kappa shape index (κ3) is 2.28. The van der Waals surface area contributed by atoms with Crippen molar-refractivity contribution in [3.05, 3.63) is 35.6 Å². The van der Waals surface area contributed by atoms with E-state index in [2.05, 4.69) is 0 Å². The lowest BCUT2D eigenvalue weighted by Crippen LogP contribution is -2.55.